The van der Waals surface area contributed by atoms with Gasteiger partial charge >= 0.3 is 0 Å². The largest absolute Gasteiger partial charge is 0.497 e. The van der Waals surface area contributed by atoms with Gasteiger partial charge in [0.05, 0.1) is 14.2 Å². The molecule has 5 nitrogen and oxygen atoms in total. The Morgan fingerprint density at radius 2 is 1.95 bits per heavy atom. The van der Waals surface area contributed by atoms with Gasteiger partial charge in [0.1, 0.15) is 11.5 Å². The van der Waals surface area contributed by atoms with Crippen molar-refractivity contribution in [2.45, 2.75) is 20.4 Å². The van der Waals surface area contributed by atoms with Crippen LogP contribution in [-0.4, -0.2) is 33.8 Å². The zero-order valence-electron chi connectivity index (χ0n) is 13.0. The molecule has 0 spiro atoms. The van der Waals surface area contributed by atoms with Gasteiger partial charge in [-0.2, -0.15) is 0 Å². The Kier molecular flexibility index (Phi) is 6.70. The fourth-order valence-corrected chi connectivity index (χ4v) is 1.70. The number of ether oxygens (including phenoxy) is 2. The number of nitrogens with zero attached hydrogens (tertiary/aromatic N) is 1. The maximum absolute atomic E-state index is 5.37. The molecule has 0 fully saturated rings. The van der Waals surface area contributed by atoms with Crippen LogP contribution in [0.5, 0.6) is 11.5 Å². The predicted molar refractivity (Wildman–Crippen MR) is 82.6 cm³/mol. The van der Waals surface area contributed by atoms with Gasteiger partial charge in [0, 0.05) is 31.8 Å². The Morgan fingerprint density at radius 3 is 2.50 bits per heavy atom. The molecule has 0 aliphatic carbocycles. The highest BCUT2D eigenvalue weighted by atomic mass is 16.5. The zero-order valence-corrected chi connectivity index (χ0v) is 13.0. The second kappa shape index (κ2) is 8.30. The fraction of sp³-hybridized carbons (Fsp3) is 0.533. The lowest BCUT2D eigenvalue weighted by Crippen LogP contribution is -2.38. The second-order valence-corrected chi connectivity index (χ2v) is 4.88. The van der Waals surface area contributed by atoms with Gasteiger partial charge in [0.25, 0.3) is 0 Å². The average Bonchev–Trinajstić information content (AvgIpc) is 2.47. The molecule has 0 aromatic heterocycles. The van der Waals surface area contributed by atoms with Crippen LogP contribution < -0.4 is 20.1 Å². The highest BCUT2D eigenvalue weighted by Gasteiger charge is 2.06. The average molecular weight is 279 g/mol. The molecule has 0 radical (unpaired) electrons. The lowest BCUT2D eigenvalue weighted by atomic mass is 10.2. The van der Waals surface area contributed by atoms with E-state index in [-0.39, 0.29) is 0 Å². The van der Waals surface area contributed by atoms with Gasteiger partial charge in [-0.1, -0.05) is 13.8 Å². The van der Waals surface area contributed by atoms with E-state index in [2.05, 4.69) is 29.5 Å². The number of aliphatic imine (C=N–C) groups is 1. The number of hydrogen-bond acceptors (Lipinski definition) is 3. The molecule has 2 N–H and O–H groups in total. The molecule has 0 saturated carbocycles. The Balaban J connectivity index is 2.64. The van der Waals surface area contributed by atoms with Crippen molar-refractivity contribution in [2.75, 3.05) is 27.8 Å². The van der Waals surface area contributed by atoms with Gasteiger partial charge < -0.3 is 20.1 Å². The number of hydrogen-bond donors (Lipinski definition) is 2. The van der Waals surface area contributed by atoms with E-state index in [1.165, 1.54) is 0 Å². The molecule has 1 aromatic carbocycles. The van der Waals surface area contributed by atoms with E-state index in [9.17, 15) is 0 Å². The summed E-state index contributed by atoms with van der Waals surface area (Å²) >= 11 is 0. The summed E-state index contributed by atoms with van der Waals surface area (Å²) in [6.45, 7) is 5.85. The molecule has 0 atom stereocenters. The van der Waals surface area contributed by atoms with Crippen LogP contribution in [0.2, 0.25) is 0 Å². The van der Waals surface area contributed by atoms with Gasteiger partial charge in [-0.05, 0) is 18.1 Å². The lowest BCUT2D eigenvalue weighted by molar-refractivity contribution is 0.390. The standard InChI is InChI=1S/C15H25N3O2/c1-11(2)9-17-15(16-3)18-10-12-6-7-13(19-4)8-14(12)20-5/h6-8,11H,9-10H2,1-5H3,(H2,16,17,18). The third kappa shape index (κ3) is 4.99. The van der Waals surface area contributed by atoms with Crippen molar-refractivity contribution in [1.82, 2.24) is 10.6 Å². The van der Waals surface area contributed by atoms with Gasteiger partial charge in [0.2, 0.25) is 0 Å². The van der Waals surface area contributed by atoms with E-state index < -0.39 is 0 Å². The van der Waals surface area contributed by atoms with Crippen LogP contribution in [0.4, 0.5) is 0 Å². The van der Waals surface area contributed by atoms with Crippen molar-refractivity contribution in [3.05, 3.63) is 23.8 Å². The molecule has 0 saturated heterocycles. The number of benzene rings is 1. The maximum atomic E-state index is 5.37. The molecule has 0 aliphatic rings. The molecule has 5 heteroatoms. The van der Waals surface area contributed by atoms with Crippen molar-refractivity contribution >= 4 is 5.96 Å². The maximum Gasteiger partial charge on any atom is 0.191 e. The Hall–Kier alpha value is -1.91. The Labute approximate surface area is 121 Å². The van der Waals surface area contributed by atoms with Crippen LogP contribution in [0.15, 0.2) is 23.2 Å². The molecule has 1 rings (SSSR count). The third-order valence-electron chi connectivity index (χ3n) is 2.84. The Bertz CT molecular complexity index is 445. The summed E-state index contributed by atoms with van der Waals surface area (Å²) in [7, 11) is 5.06. The Morgan fingerprint density at radius 1 is 1.20 bits per heavy atom. The van der Waals surface area contributed by atoms with Crippen molar-refractivity contribution in [2.24, 2.45) is 10.9 Å². The van der Waals surface area contributed by atoms with Gasteiger partial charge in [-0.15, -0.1) is 0 Å². The molecule has 0 heterocycles. The SMILES string of the molecule is CN=C(NCc1ccc(OC)cc1OC)NCC(C)C. The van der Waals surface area contributed by atoms with Crippen LogP contribution >= 0.6 is 0 Å². The van der Waals surface area contributed by atoms with E-state index in [1.807, 2.05) is 18.2 Å². The normalized spacial score (nSPS) is 11.4. The second-order valence-electron chi connectivity index (χ2n) is 4.88. The van der Waals surface area contributed by atoms with Gasteiger partial charge in [-0.25, -0.2) is 0 Å². The molecule has 1 aromatic rings. The van der Waals surface area contributed by atoms with Crippen molar-refractivity contribution in [1.29, 1.82) is 0 Å². The van der Waals surface area contributed by atoms with Gasteiger partial charge in [0.15, 0.2) is 5.96 Å². The summed E-state index contributed by atoms with van der Waals surface area (Å²) < 4.78 is 10.6. The number of nitrogens with one attached hydrogen (secondary N) is 2. The highest BCUT2D eigenvalue weighted by Crippen LogP contribution is 2.24. The summed E-state index contributed by atoms with van der Waals surface area (Å²) in [5, 5.41) is 6.54. The fourth-order valence-electron chi connectivity index (χ4n) is 1.70. The summed E-state index contributed by atoms with van der Waals surface area (Å²) in [4.78, 5) is 4.19. The highest BCUT2D eigenvalue weighted by molar-refractivity contribution is 5.79. The monoisotopic (exact) mass is 279 g/mol. The third-order valence-corrected chi connectivity index (χ3v) is 2.84. The molecule has 0 amide bonds. The van der Waals surface area contributed by atoms with Gasteiger partial charge in [-0.3, -0.25) is 4.99 Å². The molecule has 0 bridgehead atoms. The summed E-state index contributed by atoms with van der Waals surface area (Å²) in [6.07, 6.45) is 0. The van der Waals surface area contributed by atoms with Crippen molar-refractivity contribution in [3.8, 4) is 11.5 Å². The topological polar surface area (TPSA) is 54.9 Å². The molecule has 112 valence electrons. The molecule has 0 unspecified atom stereocenters. The first kappa shape index (κ1) is 16.1. The minimum Gasteiger partial charge on any atom is -0.497 e. The number of methoxy groups -OCH3 is 2. The molecule has 20 heavy (non-hydrogen) atoms. The minimum absolute atomic E-state index is 0.573. The van der Waals surface area contributed by atoms with Crippen molar-refractivity contribution < 1.29 is 9.47 Å². The molecular weight excluding hydrogens is 254 g/mol. The van der Waals surface area contributed by atoms with E-state index in [0.717, 1.165) is 29.6 Å². The number of guanidine groups is 1. The summed E-state index contributed by atoms with van der Waals surface area (Å²) in [5.74, 6) is 2.95. The lowest BCUT2D eigenvalue weighted by Gasteiger charge is -2.15. The van der Waals surface area contributed by atoms with E-state index in [4.69, 9.17) is 9.47 Å². The van der Waals surface area contributed by atoms with Crippen LogP contribution in [0.25, 0.3) is 0 Å². The smallest absolute Gasteiger partial charge is 0.191 e. The summed E-state index contributed by atoms with van der Waals surface area (Å²) in [6, 6.07) is 5.78. The van der Waals surface area contributed by atoms with E-state index >= 15 is 0 Å². The predicted octanol–water partition coefficient (Wildman–Crippen LogP) is 2.02. The van der Waals surface area contributed by atoms with Crippen LogP contribution in [-0.2, 0) is 6.54 Å². The first-order valence-electron chi connectivity index (χ1n) is 6.76. The molecular formula is C15H25N3O2. The number of rotatable bonds is 6. The van der Waals surface area contributed by atoms with E-state index in [0.29, 0.717) is 12.5 Å². The van der Waals surface area contributed by atoms with E-state index in [1.54, 1.807) is 21.3 Å². The first-order chi connectivity index (χ1) is 9.60. The van der Waals surface area contributed by atoms with Crippen LogP contribution in [0.3, 0.4) is 0 Å². The first-order valence-corrected chi connectivity index (χ1v) is 6.76. The van der Waals surface area contributed by atoms with Crippen LogP contribution in [0.1, 0.15) is 19.4 Å². The zero-order chi connectivity index (χ0) is 15.0. The molecule has 0 aliphatic heterocycles. The summed E-state index contributed by atoms with van der Waals surface area (Å²) in [5.41, 5.74) is 1.06. The minimum atomic E-state index is 0.573. The quantitative estimate of drug-likeness (QED) is 0.618. The van der Waals surface area contributed by atoms with Crippen molar-refractivity contribution in [3.63, 3.8) is 0 Å². The van der Waals surface area contributed by atoms with Crippen LogP contribution in [0, 0.1) is 5.92 Å².